The topological polar surface area (TPSA) is 66.4 Å². The van der Waals surface area contributed by atoms with Crippen LogP contribution in [0.1, 0.15) is 25.0 Å². The summed E-state index contributed by atoms with van der Waals surface area (Å²) in [6.45, 7) is 4.46. The van der Waals surface area contributed by atoms with Gasteiger partial charge in [0.15, 0.2) is 0 Å². The second kappa shape index (κ2) is 7.84. The van der Waals surface area contributed by atoms with Gasteiger partial charge >= 0.3 is 5.97 Å². The predicted molar refractivity (Wildman–Crippen MR) is 77.2 cm³/mol. The van der Waals surface area contributed by atoms with Gasteiger partial charge in [0, 0.05) is 6.54 Å². The van der Waals surface area contributed by atoms with Gasteiger partial charge in [0.2, 0.25) is 5.91 Å². The van der Waals surface area contributed by atoms with Gasteiger partial charge in [-0.1, -0.05) is 38.1 Å². The number of benzene rings is 1. The highest BCUT2D eigenvalue weighted by atomic mass is 32.2. The number of carboxylic acid groups (broad SMARTS) is 1. The smallest absolute Gasteiger partial charge is 0.307 e. The zero-order valence-electron chi connectivity index (χ0n) is 11.2. The Bertz CT molecular complexity index is 446. The number of rotatable bonds is 7. The van der Waals surface area contributed by atoms with Crippen molar-refractivity contribution >= 4 is 23.6 Å². The number of carbonyl (C=O) groups is 2. The standard InChI is InChI=1S/C14H19NO3S/c1-10(2)19-9-13(16)15-8-12-6-4-3-5-11(12)7-14(17)18/h3-6,10H,7-9H2,1-2H3,(H,15,16)(H,17,18). The van der Waals surface area contributed by atoms with E-state index in [1.807, 2.05) is 26.0 Å². The fraction of sp³-hybridized carbons (Fsp3) is 0.429. The molecule has 5 heteroatoms. The summed E-state index contributed by atoms with van der Waals surface area (Å²) in [5.74, 6) is -0.461. The average molecular weight is 281 g/mol. The third-order valence-corrected chi connectivity index (χ3v) is 3.58. The number of hydrogen-bond donors (Lipinski definition) is 2. The van der Waals surface area contributed by atoms with Crippen LogP contribution in [0.25, 0.3) is 0 Å². The lowest BCUT2D eigenvalue weighted by Crippen LogP contribution is -2.25. The summed E-state index contributed by atoms with van der Waals surface area (Å²) in [5.41, 5.74) is 1.60. The van der Waals surface area contributed by atoms with Crippen molar-refractivity contribution in [1.29, 1.82) is 0 Å². The first-order valence-electron chi connectivity index (χ1n) is 6.16. The number of thioether (sulfide) groups is 1. The first-order chi connectivity index (χ1) is 8.99. The van der Waals surface area contributed by atoms with Crippen LogP contribution in [0.2, 0.25) is 0 Å². The van der Waals surface area contributed by atoms with Gasteiger partial charge in [0.25, 0.3) is 0 Å². The van der Waals surface area contributed by atoms with Crippen molar-refractivity contribution in [3.05, 3.63) is 35.4 Å². The minimum atomic E-state index is -0.867. The first-order valence-corrected chi connectivity index (χ1v) is 7.20. The Kier molecular flexibility index (Phi) is 6.42. The van der Waals surface area contributed by atoms with Crippen LogP contribution in [-0.2, 0) is 22.6 Å². The van der Waals surface area contributed by atoms with Crippen LogP contribution >= 0.6 is 11.8 Å². The molecular formula is C14H19NO3S. The quantitative estimate of drug-likeness (QED) is 0.803. The molecular weight excluding hydrogens is 262 g/mol. The molecule has 0 aliphatic carbocycles. The molecule has 4 nitrogen and oxygen atoms in total. The summed E-state index contributed by atoms with van der Waals surface area (Å²) < 4.78 is 0. The number of amides is 1. The van der Waals surface area contributed by atoms with E-state index >= 15 is 0 Å². The molecule has 0 fully saturated rings. The Morgan fingerprint density at radius 3 is 2.47 bits per heavy atom. The Morgan fingerprint density at radius 1 is 1.26 bits per heavy atom. The van der Waals surface area contributed by atoms with Gasteiger partial charge in [-0.05, 0) is 16.4 Å². The van der Waals surface area contributed by atoms with Crippen LogP contribution < -0.4 is 5.32 Å². The maximum atomic E-state index is 11.6. The summed E-state index contributed by atoms with van der Waals surface area (Å²) in [6, 6.07) is 7.26. The lowest BCUT2D eigenvalue weighted by molar-refractivity contribution is -0.136. The van der Waals surface area contributed by atoms with Crippen molar-refractivity contribution in [1.82, 2.24) is 5.32 Å². The highest BCUT2D eigenvalue weighted by molar-refractivity contribution is 8.00. The van der Waals surface area contributed by atoms with E-state index in [4.69, 9.17) is 5.11 Å². The van der Waals surface area contributed by atoms with Crippen molar-refractivity contribution < 1.29 is 14.7 Å². The number of carboxylic acids is 1. The van der Waals surface area contributed by atoms with E-state index in [2.05, 4.69) is 5.32 Å². The summed E-state index contributed by atoms with van der Waals surface area (Å²) in [7, 11) is 0. The van der Waals surface area contributed by atoms with Gasteiger partial charge in [-0.25, -0.2) is 0 Å². The minimum Gasteiger partial charge on any atom is -0.481 e. The van der Waals surface area contributed by atoms with Crippen LogP contribution in [0.4, 0.5) is 0 Å². The summed E-state index contributed by atoms with van der Waals surface area (Å²) in [6.07, 6.45) is -0.0210. The van der Waals surface area contributed by atoms with E-state index in [1.54, 1.807) is 23.9 Å². The number of hydrogen-bond acceptors (Lipinski definition) is 3. The van der Waals surface area contributed by atoms with Gasteiger partial charge < -0.3 is 10.4 Å². The van der Waals surface area contributed by atoms with E-state index in [1.165, 1.54) is 0 Å². The predicted octanol–water partition coefficient (Wildman–Crippen LogP) is 2.07. The number of carbonyl (C=O) groups excluding carboxylic acids is 1. The molecule has 0 spiro atoms. The molecule has 0 saturated heterocycles. The Hall–Kier alpha value is -1.49. The lowest BCUT2D eigenvalue weighted by Gasteiger charge is -2.10. The molecule has 1 aromatic carbocycles. The average Bonchev–Trinajstić information content (AvgIpc) is 2.34. The lowest BCUT2D eigenvalue weighted by atomic mass is 10.0. The van der Waals surface area contributed by atoms with Crippen LogP contribution in [0.3, 0.4) is 0 Å². The van der Waals surface area contributed by atoms with Gasteiger partial charge in [0.05, 0.1) is 12.2 Å². The summed E-state index contributed by atoms with van der Waals surface area (Å²) >= 11 is 1.58. The van der Waals surface area contributed by atoms with Crippen molar-refractivity contribution in [2.24, 2.45) is 0 Å². The van der Waals surface area contributed by atoms with Gasteiger partial charge in [-0.15, -0.1) is 11.8 Å². The molecule has 1 rings (SSSR count). The van der Waals surface area contributed by atoms with Gasteiger partial charge in [-0.2, -0.15) is 0 Å². The normalized spacial score (nSPS) is 10.5. The van der Waals surface area contributed by atoms with E-state index < -0.39 is 5.97 Å². The molecule has 1 aromatic rings. The zero-order valence-corrected chi connectivity index (χ0v) is 12.0. The van der Waals surface area contributed by atoms with Crippen molar-refractivity contribution in [2.75, 3.05) is 5.75 Å². The van der Waals surface area contributed by atoms with Crippen LogP contribution in [-0.4, -0.2) is 28.0 Å². The van der Waals surface area contributed by atoms with Crippen molar-refractivity contribution in [2.45, 2.75) is 32.1 Å². The Morgan fingerprint density at radius 2 is 1.89 bits per heavy atom. The molecule has 0 unspecified atom stereocenters. The molecule has 0 aliphatic rings. The molecule has 0 atom stereocenters. The Balaban J connectivity index is 2.52. The van der Waals surface area contributed by atoms with E-state index in [-0.39, 0.29) is 12.3 Å². The largest absolute Gasteiger partial charge is 0.481 e. The summed E-state index contributed by atoms with van der Waals surface area (Å²) in [4.78, 5) is 22.4. The molecule has 0 aromatic heterocycles. The van der Waals surface area contributed by atoms with E-state index in [9.17, 15) is 9.59 Å². The van der Waals surface area contributed by atoms with E-state index in [0.29, 0.717) is 17.5 Å². The molecule has 0 radical (unpaired) electrons. The van der Waals surface area contributed by atoms with E-state index in [0.717, 1.165) is 11.1 Å². The third-order valence-electron chi connectivity index (χ3n) is 2.48. The molecule has 0 heterocycles. The molecule has 19 heavy (non-hydrogen) atoms. The maximum Gasteiger partial charge on any atom is 0.307 e. The Labute approximate surface area is 117 Å². The SMILES string of the molecule is CC(C)SCC(=O)NCc1ccccc1CC(=O)O. The minimum absolute atomic E-state index is 0.0210. The molecule has 0 saturated carbocycles. The highest BCUT2D eigenvalue weighted by Gasteiger charge is 2.08. The second-order valence-electron chi connectivity index (χ2n) is 4.48. The molecule has 0 bridgehead atoms. The monoisotopic (exact) mass is 281 g/mol. The zero-order chi connectivity index (χ0) is 14.3. The van der Waals surface area contributed by atoms with Crippen LogP contribution in [0.15, 0.2) is 24.3 Å². The molecule has 104 valence electrons. The fourth-order valence-corrected chi connectivity index (χ4v) is 2.14. The van der Waals surface area contributed by atoms with Crippen LogP contribution in [0, 0.1) is 0 Å². The third kappa shape index (κ3) is 6.29. The molecule has 0 aliphatic heterocycles. The number of nitrogens with one attached hydrogen (secondary N) is 1. The molecule has 1 amide bonds. The summed E-state index contributed by atoms with van der Waals surface area (Å²) in [5, 5.41) is 12.1. The first kappa shape index (κ1) is 15.6. The number of aliphatic carboxylic acids is 1. The van der Waals surface area contributed by atoms with Crippen molar-refractivity contribution in [3.8, 4) is 0 Å². The van der Waals surface area contributed by atoms with Gasteiger partial charge in [0.1, 0.15) is 0 Å². The highest BCUT2D eigenvalue weighted by Crippen LogP contribution is 2.11. The maximum absolute atomic E-state index is 11.6. The fourth-order valence-electron chi connectivity index (χ4n) is 1.55. The van der Waals surface area contributed by atoms with Gasteiger partial charge in [-0.3, -0.25) is 9.59 Å². The molecule has 2 N–H and O–H groups in total. The second-order valence-corrected chi connectivity index (χ2v) is 6.04. The van der Waals surface area contributed by atoms with Crippen LogP contribution in [0.5, 0.6) is 0 Å². The van der Waals surface area contributed by atoms with Crippen molar-refractivity contribution in [3.63, 3.8) is 0 Å².